The van der Waals surface area contributed by atoms with Gasteiger partial charge in [-0.2, -0.15) is 0 Å². The number of rotatable bonds is 4. The van der Waals surface area contributed by atoms with Crippen LogP contribution in [0, 0.1) is 0 Å². The summed E-state index contributed by atoms with van der Waals surface area (Å²) in [6, 6.07) is 10.3. The number of ether oxygens (including phenoxy) is 2. The second kappa shape index (κ2) is 7.27. The SMILES string of the molecule is COc1ccccc1N1CCN(c2cc([C@H]3CCOC3)ncn2)CC1. The number of hydrogen-bond acceptors (Lipinski definition) is 6. The van der Waals surface area contributed by atoms with Gasteiger partial charge >= 0.3 is 0 Å². The molecule has 0 amide bonds. The molecule has 132 valence electrons. The van der Waals surface area contributed by atoms with Gasteiger partial charge in [-0.05, 0) is 18.6 Å². The minimum Gasteiger partial charge on any atom is -0.495 e. The van der Waals surface area contributed by atoms with Gasteiger partial charge in [-0.15, -0.1) is 0 Å². The average Bonchev–Trinajstić information content (AvgIpc) is 3.23. The largest absolute Gasteiger partial charge is 0.495 e. The number of piperazine rings is 1. The highest BCUT2D eigenvalue weighted by Crippen LogP contribution is 2.30. The van der Waals surface area contributed by atoms with Crippen LogP contribution in [0.15, 0.2) is 36.7 Å². The zero-order valence-electron chi connectivity index (χ0n) is 14.6. The van der Waals surface area contributed by atoms with Gasteiger partial charge in [0, 0.05) is 44.8 Å². The van der Waals surface area contributed by atoms with Crippen LogP contribution in [0.25, 0.3) is 0 Å². The Morgan fingerprint density at radius 3 is 2.64 bits per heavy atom. The van der Waals surface area contributed by atoms with Gasteiger partial charge in [-0.1, -0.05) is 12.1 Å². The molecule has 2 saturated heterocycles. The van der Waals surface area contributed by atoms with Crippen LogP contribution in [0.2, 0.25) is 0 Å². The molecule has 0 bridgehead atoms. The van der Waals surface area contributed by atoms with Crippen LogP contribution in [-0.2, 0) is 4.74 Å². The lowest BCUT2D eigenvalue weighted by Gasteiger charge is -2.37. The molecule has 1 aromatic carbocycles. The normalized spacial score (nSPS) is 20.8. The first-order chi connectivity index (χ1) is 12.3. The monoisotopic (exact) mass is 340 g/mol. The molecule has 0 saturated carbocycles. The van der Waals surface area contributed by atoms with Crippen molar-refractivity contribution in [2.45, 2.75) is 12.3 Å². The van der Waals surface area contributed by atoms with E-state index in [1.165, 1.54) is 0 Å². The summed E-state index contributed by atoms with van der Waals surface area (Å²) in [6.45, 7) is 5.39. The zero-order valence-corrected chi connectivity index (χ0v) is 14.6. The fraction of sp³-hybridized carbons (Fsp3) is 0.474. The molecule has 3 heterocycles. The standard InChI is InChI=1S/C19H24N4O2/c1-24-18-5-3-2-4-17(18)22-7-9-23(10-8-22)19-12-16(20-14-21-19)15-6-11-25-13-15/h2-5,12,14-15H,6-11,13H2,1H3/t15-/m0/s1. The van der Waals surface area contributed by atoms with Crippen molar-refractivity contribution < 1.29 is 9.47 Å². The van der Waals surface area contributed by atoms with Crippen molar-refractivity contribution in [1.82, 2.24) is 9.97 Å². The third-order valence-corrected chi connectivity index (χ3v) is 5.05. The summed E-state index contributed by atoms with van der Waals surface area (Å²) >= 11 is 0. The predicted molar refractivity (Wildman–Crippen MR) is 97.6 cm³/mol. The number of nitrogens with zero attached hydrogens (tertiary/aromatic N) is 4. The summed E-state index contributed by atoms with van der Waals surface area (Å²) in [5.41, 5.74) is 2.27. The second-order valence-corrected chi connectivity index (χ2v) is 6.51. The lowest BCUT2D eigenvalue weighted by molar-refractivity contribution is 0.193. The van der Waals surface area contributed by atoms with Gasteiger partial charge in [0.1, 0.15) is 17.9 Å². The Morgan fingerprint density at radius 1 is 1.08 bits per heavy atom. The highest BCUT2D eigenvalue weighted by Gasteiger charge is 2.23. The van der Waals surface area contributed by atoms with Crippen LogP contribution in [0.1, 0.15) is 18.0 Å². The molecule has 2 fully saturated rings. The van der Waals surface area contributed by atoms with Crippen LogP contribution in [-0.4, -0.2) is 56.5 Å². The molecule has 4 rings (SSSR count). The molecule has 2 aliphatic heterocycles. The fourth-order valence-corrected chi connectivity index (χ4v) is 3.59. The molecule has 0 N–H and O–H groups in total. The maximum absolute atomic E-state index is 5.49. The number of methoxy groups -OCH3 is 1. The Morgan fingerprint density at radius 2 is 1.88 bits per heavy atom. The fourth-order valence-electron chi connectivity index (χ4n) is 3.59. The van der Waals surface area contributed by atoms with E-state index in [0.717, 1.165) is 68.8 Å². The lowest BCUT2D eigenvalue weighted by atomic mass is 10.0. The van der Waals surface area contributed by atoms with E-state index < -0.39 is 0 Å². The van der Waals surface area contributed by atoms with Crippen LogP contribution >= 0.6 is 0 Å². The van der Waals surface area contributed by atoms with Crippen molar-refractivity contribution in [2.75, 3.05) is 56.3 Å². The van der Waals surface area contributed by atoms with E-state index in [0.29, 0.717) is 5.92 Å². The molecule has 0 spiro atoms. The Labute approximate surface area is 148 Å². The van der Waals surface area contributed by atoms with Gasteiger partial charge in [0.05, 0.1) is 25.1 Å². The van der Waals surface area contributed by atoms with Crippen LogP contribution in [0.5, 0.6) is 5.75 Å². The Balaban J connectivity index is 1.44. The van der Waals surface area contributed by atoms with E-state index in [4.69, 9.17) is 9.47 Å². The molecule has 1 aromatic heterocycles. The number of anilines is 2. The molecule has 0 aliphatic carbocycles. The molecule has 25 heavy (non-hydrogen) atoms. The Kier molecular flexibility index (Phi) is 4.70. The number of benzene rings is 1. The van der Waals surface area contributed by atoms with Crippen molar-refractivity contribution in [3.63, 3.8) is 0 Å². The average molecular weight is 340 g/mol. The molecular weight excluding hydrogens is 316 g/mol. The van der Waals surface area contributed by atoms with Gasteiger partial charge < -0.3 is 19.3 Å². The molecule has 2 aliphatic rings. The molecular formula is C19H24N4O2. The zero-order chi connectivity index (χ0) is 17.1. The van der Waals surface area contributed by atoms with E-state index in [1.54, 1.807) is 13.4 Å². The van der Waals surface area contributed by atoms with E-state index in [9.17, 15) is 0 Å². The molecule has 0 radical (unpaired) electrons. The first kappa shape index (κ1) is 16.1. The van der Waals surface area contributed by atoms with Gasteiger partial charge in [0.25, 0.3) is 0 Å². The molecule has 1 atom stereocenters. The lowest BCUT2D eigenvalue weighted by Crippen LogP contribution is -2.47. The highest BCUT2D eigenvalue weighted by atomic mass is 16.5. The highest BCUT2D eigenvalue weighted by molar-refractivity contribution is 5.59. The summed E-state index contributed by atoms with van der Waals surface area (Å²) in [5, 5.41) is 0. The van der Waals surface area contributed by atoms with E-state index in [1.807, 2.05) is 12.1 Å². The third-order valence-electron chi connectivity index (χ3n) is 5.05. The summed E-state index contributed by atoms with van der Waals surface area (Å²) in [5.74, 6) is 2.37. The summed E-state index contributed by atoms with van der Waals surface area (Å²) in [6.07, 6.45) is 2.74. The minimum atomic E-state index is 0.414. The first-order valence-electron chi connectivity index (χ1n) is 8.88. The van der Waals surface area contributed by atoms with Gasteiger partial charge in [-0.3, -0.25) is 0 Å². The summed E-state index contributed by atoms with van der Waals surface area (Å²) in [4.78, 5) is 13.7. The third kappa shape index (κ3) is 3.39. The van der Waals surface area contributed by atoms with Crippen molar-refractivity contribution in [3.8, 4) is 5.75 Å². The maximum Gasteiger partial charge on any atom is 0.142 e. The maximum atomic E-state index is 5.49. The van der Waals surface area contributed by atoms with Crippen molar-refractivity contribution in [1.29, 1.82) is 0 Å². The van der Waals surface area contributed by atoms with E-state index in [2.05, 4.69) is 38.0 Å². The molecule has 2 aromatic rings. The Bertz CT molecular complexity index is 710. The van der Waals surface area contributed by atoms with Crippen molar-refractivity contribution in [2.24, 2.45) is 0 Å². The molecule has 6 heteroatoms. The topological polar surface area (TPSA) is 50.7 Å². The molecule has 6 nitrogen and oxygen atoms in total. The van der Waals surface area contributed by atoms with Gasteiger partial charge in [0.2, 0.25) is 0 Å². The van der Waals surface area contributed by atoms with Crippen LogP contribution in [0.4, 0.5) is 11.5 Å². The summed E-state index contributed by atoms with van der Waals surface area (Å²) in [7, 11) is 1.73. The number of aromatic nitrogens is 2. The van der Waals surface area contributed by atoms with Crippen molar-refractivity contribution >= 4 is 11.5 Å². The Hall–Kier alpha value is -2.34. The first-order valence-corrected chi connectivity index (χ1v) is 8.88. The minimum absolute atomic E-state index is 0.414. The van der Waals surface area contributed by atoms with Crippen molar-refractivity contribution in [3.05, 3.63) is 42.4 Å². The predicted octanol–water partition coefficient (Wildman–Crippen LogP) is 2.32. The van der Waals surface area contributed by atoms with Gasteiger partial charge in [-0.25, -0.2) is 9.97 Å². The van der Waals surface area contributed by atoms with Gasteiger partial charge in [0.15, 0.2) is 0 Å². The smallest absolute Gasteiger partial charge is 0.142 e. The number of para-hydroxylation sites is 2. The number of hydrogen-bond donors (Lipinski definition) is 0. The summed E-state index contributed by atoms with van der Waals surface area (Å²) < 4.78 is 11.0. The molecule has 0 unspecified atom stereocenters. The van der Waals surface area contributed by atoms with E-state index >= 15 is 0 Å². The van der Waals surface area contributed by atoms with E-state index in [-0.39, 0.29) is 0 Å². The second-order valence-electron chi connectivity index (χ2n) is 6.51. The van der Waals surface area contributed by atoms with Crippen LogP contribution < -0.4 is 14.5 Å². The quantitative estimate of drug-likeness (QED) is 0.851. The van der Waals surface area contributed by atoms with Crippen LogP contribution in [0.3, 0.4) is 0 Å².